The van der Waals surface area contributed by atoms with E-state index in [2.05, 4.69) is 10.6 Å². The van der Waals surface area contributed by atoms with E-state index in [1.165, 1.54) is 12.1 Å². The summed E-state index contributed by atoms with van der Waals surface area (Å²) in [5.41, 5.74) is 0.558. The quantitative estimate of drug-likeness (QED) is 0.871. The van der Waals surface area contributed by atoms with Gasteiger partial charge in [-0.3, -0.25) is 4.79 Å². The molecule has 6 heteroatoms. The summed E-state index contributed by atoms with van der Waals surface area (Å²) in [5.74, 6) is -0.161. The molecule has 0 saturated heterocycles. The lowest BCUT2D eigenvalue weighted by Crippen LogP contribution is -2.16. The molecule has 0 bridgehead atoms. The highest BCUT2D eigenvalue weighted by Crippen LogP contribution is 2.29. The molecule has 0 atom stereocenters. The van der Waals surface area contributed by atoms with E-state index in [0.717, 1.165) is 12.1 Å². The first kappa shape index (κ1) is 15.9. The molecule has 0 fully saturated rings. The van der Waals surface area contributed by atoms with E-state index in [1.807, 2.05) is 18.2 Å². The minimum Gasteiger partial charge on any atom is -0.385 e. The molecule has 22 heavy (non-hydrogen) atoms. The monoisotopic (exact) mass is 308 g/mol. The number of anilines is 2. The summed E-state index contributed by atoms with van der Waals surface area (Å²) in [6.07, 6.45) is -4.12. The van der Waals surface area contributed by atoms with Crippen LogP contribution in [0.1, 0.15) is 12.0 Å². The van der Waals surface area contributed by atoms with Crippen LogP contribution in [0.5, 0.6) is 0 Å². The minimum absolute atomic E-state index is 0.161. The van der Waals surface area contributed by atoms with Gasteiger partial charge in [0, 0.05) is 24.3 Å². The number of halogens is 3. The fourth-order valence-corrected chi connectivity index (χ4v) is 1.84. The summed E-state index contributed by atoms with van der Waals surface area (Å²) in [4.78, 5) is 11.7. The van der Waals surface area contributed by atoms with Crippen LogP contribution in [0.2, 0.25) is 0 Å². The fourth-order valence-electron chi connectivity index (χ4n) is 1.84. The fraction of sp³-hybridized carbons (Fsp3) is 0.188. The Bertz CT molecular complexity index is 610. The largest absolute Gasteiger partial charge is 0.416 e. The summed E-state index contributed by atoms with van der Waals surface area (Å²) in [5, 5.41) is 5.64. The number of hydrogen-bond acceptors (Lipinski definition) is 2. The number of rotatable bonds is 5. The van der Waals surface area contributed by atoms with Gasteiger partial charge in [-0.25, -0.2) is 0 Å². The van der Waals surface area contributed by atoms with Crippen LogP contribution in [-0.2, 0) is 11.0 Å². The van der Waals surface area contributed by atoms with Gasteiger partial charge in [-0.2, -0.15) is 13.2 Å². The van der Waals surface area contributed by atoms with Crippen molar-refractivity contribution in [2.75, 3.05) is 17.2 Å². The third-order valence-corrected chi connectivity index (χ3v) is 2.95. The van der Waals surface area contributed by atoms with Gasteiger partial charge < -0.3 is 10.6 Å². The Morgan fingerprint density at radius 1 is 0.909 bits per heavy atom. The molecule has 0 saturated carbocycles. The van der Waals surface area contributed by atoms with E-state index in [4.69, 9.17) is 0 Å². The van der Waals surface area contributed by atoms with Crippen LogP contribution >= 0.6 is 0 Å². The molecule has 0 spiro atoms. The van der Waals surface area contributed by atoms with E-state index in [9.17, 15) is 18.0 Å². The number of carbonyl (C=O) groups is 1. The number of carbonyl (C=O) groups excluding carboxylic acids is 1. The molecule has 2 rings (SSSR count). The van der Waals surface area contributed by atoms with E-state index in [1.54, 1.807) is 12.1 Å². The Morgan fingerprint density at radius 3 is 2.14 bits per heavy atom. The van der Waals surface area contributed by atoms with Gasteiger partial charge in [0.15, 0.2) is 0 Å². The Kier molecular flexibility index (Phi) is 5.04. The van der Waals surface area contributed by atoms with Gasteiger partial charge in [0.25, 0.3) is 0 Å². The molecule has 0 aliphatic rings. The van der Waals surface area contributed by atoms with Crippen molar-refractivity contribution in [2.45, 2.75) is 12.6 Å². The topological polar surface area (TPSA) is 41.1 Å². The first-order valence-electron chi connectivity index (χ1n) is 6.71. The maximum absolute atomic E-state index is 12.4. The summed E-state index contributed by atoms with van der Waals surface area (Å²) in [6, 6.07) is 13.7. The normalized spacial score (nSPS) is 11.0. The zero-order valence-corrected chi connectivity index (χ0v) is 11.7. The van der Waals surface area contributed by atoms with Gasteiger partial charge in [0.2, 0.25) is 5.91 Å². The average molecular weight is 308 g/mol. The highest BCUT2D eigenvalue weighted by molar-refractivity contribution is 5.90. The number of hydrogen-bond donors (Lipinski definition) is 2. The standard InChI is InChI=1S/C16H15F3N2O/c17-16(18,19)12-6-8-13(9-7-12)20-11-10-15(22)21-14-4-2-1-3-5-14/h1-9,20H,10-11H2,(H,21,22). The maximum Gasteiger partial charge on any atom is 0.416 e. The van der Waals surface area contributed by atoms with Gasteiger partial charge in [-0.1, -0.05) is 18.2 Å². The van der Waals surface area contributed by atoms with Crippen LogP contribution in [0.4, 0.5) is 24.5 Å². The number of nitrogens with one attached hydrogen (secondary N) is 2. The lowest BCUT2D eigenvalue weighted by Gasteiger charge is -2.09. The Morgan fingerprint density at radius 2 is 1.55 bits per heavy atom. The van der Waals surface area contributed by atoms with Crippen molar-refractivity contribution in [3.8, 4) is 0 Å². The molecule has 0 unspecified atom stereocenters. The van der Waals surface area contributed by atoms with E-state index >= 15 is 0 Å². The highest BCUT2D eigenvalue weighted by Gasteiger charge is 2.29. The second-order valence-electron chi connectivity index (χ2n) is 4.67. The summed E-state index contributed by atoms with van der Waals surface area (Å²) in [7, 11) is 0. The van der Waals surface area contributed by atoms with Crippen LogP contribution in [-0.4, -0.2) is 12.5 Å². The predicted octanol–water partition coefficient (Wildman–Crippen LogP) is 4.15. The van der Waals surface area contributed by atoms with Crippen molar-refractivity contribution in [1.82, 2.24) is 0 Å². The van der Waals surface area contributed by atoms with Crippen molar-refractivity contribution in [3.05, 3.63) is 60.2 Å². The smallest absolute Gasteiger partial charge is 0.385 e. The second-order valence-corrected chi connectivity index (χ2v) is 4.67. The molecule has 116 valence electrons. The highest BCUT2D eigenvalue weighted by atomic mass is 19.4. The zero-order valence-electron chi connectivity index (χ0n) is 11.7. The lowest BCUT2D eigenvalue weighted by atomic mass is 10.2. The van der Waals surface area contributed by atoms with Gasteiger partial charge in [-0.15, -0.1) is 0 Å². The lowest BCUT2D eigenvalue weighted by molar-refractivity contribution is -0.137. The van der Waals surface area contributed by atoms with Gasteiger partial charge >= 0.3 is 6.18 Å². The molecule has 0 aliphatic carbocycles. The van der Waals surface area contributed by atoms with Crippen molar-refractivity contribution >= 4 is 17.3 Å². The third kappa shape index (κ3) is 4.80. The molecular formula is C16H15F3N2O. The second kappa shape index (κ2) is 6.98. The van der Waals surface area contributed by atoms with Crippen LogP contribution in [0.25, 0.3) is 0 Å². The van der Waals surface area contributed by atoms with Crippen molar-refractivity contribution in [3.63, 3.8) is 0 Å². The molecule has 0 radical (unpaired) electrons. The average Bonchev–Trinajstić information content (AvgIpc) is 2.48. The molecule has 2 aromatic rings. The SMILES string of the molecule is O=C(CCNc1ccc(C(F)(F)F)cc1)Nc1ccccc1. The van der Waals surface area contributed by atoms with Crippen LogP contribution in [0.15, 0.2) is 54.6 Å². The number of benzene rings is 2. The molecular weight excluding hydrogens is 293 g/mol. The summed E-state index contributed by atoms with van der Waals surface area (Å²) >= 11 is 0. The first-order chi connectivity index (χ1) is 10.4. The minimum atomic E-state index is -4.34. The van der Waals surface area contributed by atoms with Gasteiger partial charge in [0.1, 0.15) is 0 Å². The Hall–Kier alpha value is -2.50. The number of amides is 1. The van der Waals surface area contributed by atoms with E-state index in [-0.39, 0.29) is 12.3 Å². The van der Waals surface area contributed by atoms with Crippen LogP contribution in [0.3, 0.4) is 0 Å². The Balaban J connectivity index is 1.78. The molecule has 1 amide bonds. The Labute approximate surface area is 126 Å². The summed E-state index contributed by atoms with van der Waals surface area (Å²) < 4.78 is 37.2. The molecule has 0 heterocycles. The van der Waals surface area contributed by atoms with Crippen molar-refractivity contribution < 1.29 is 18.0 Å². The van der Waals surface area contributed by atoms with E-state index < -0.39 is 11.7 Å². The molecule has 3 nitrogen and oxygen atoms in total. The molecule has 2 aromatic carbocycles. The molecule has 0 aromatic heterocycles. The van der Waals surface area contributed by atoms with Crippen molar-refractivity contribution in [1.29, 1.82) is 0 Å². The maximum atomic E-state index is 12.4. The first-order valence-corrected chi connectivity index (χ1v) is 6.71. The molecule has 2 N–H and O–H groups in total. The number of para-hydroxylation sites is 1. The number of alkyl halides is 3. The van der Waals surface area contributed by atoms with Gasteiger partial charge in [0.05, 0.1) is 5.56 Å². The zero-order chi connectivity index (χ0) is 16.0. The third-order valence-electron chi connectivity index (χ3n) is 2.95. The van der Waals surface area contributed by atoms with Crippen LogP contribution < -0.4 is 10.6 Å². The van der Waals surface area contributed by atoms with Gasteiger partial charge in [-0.05, 0) is 36.4 Å². The predicted molar refractivity (Wildman–Crippen MR) is 79.6 cm³/mol. The molecule has 0 aliphatic heterocycles. The van der Waals surface area contributed by atoms with Crippen LogP contribution in [0, 0.1) is 0 Å². The summed E-state index contributed by atoms with van der Waals surface area (Å²) in [6.45, 7) is 0.337. The van der Waals surface area contributed by atoms with E-state index in [0.29, 0.717) is 17.9 Å². The van der Waals surface area contributed by atoms with Crippen molar-refractivity contribution in [2.24, 2.45) is 0 Å².